The van der Waals surface area contributed by atoms with Gasteiger partial charge in [-0.1, -0.05) is 31.1 Å². The summed E-state index contributed by atoms with van der Waals surface area (Å²) in [7, 11) is -4.09. The van der Waals surface area contributed by atoms with Gasteiger partial charge in [0.1, 0.15) is 40.2 Å². The van der Waals surface area contributed by atoms with Crippen molar-refractivity contribution in [1.82, 2.24) is 30.2 Å². The number of sulfonamides is 1. The maximum absolute atomic E-state index is 14.8. The summed E-state index contributed by atoms with van der Waals surface area (Å²) in [5.41, 5.74) is -0.157. The number of fused-ring (bicyclic) bond motifs is 5. The number of nitrogens with zero attached hydrogens (tertiary/aromatic N) is 3. The summed E-state index contributed by atoms with van der Waals surface area (Å²) in [5, 5.41) is 6.50. The molecule has 4 heterocycles. The number of alkyl halides is 3. The van der Waals surface area contributed by atoms with Crippen molar-refractivity contribution in [3.8, 4) is 11.6 Å². The molecule has 20 heteroatoms. The number of hydrogen-bond donors (Lipinski definition) is 3. The van der Waals surface area contributed by atoms with E-state index in [1.807, 2.05) is 6.08 Å². The van der Waals surface area contributed by atoms with E-state index in [0.29, 0.717) is 49.3 Å². The van der Waals surface area contributed by atoms with Crippen molar-refractivity contribution in [3.05, 3.63) is 71.0 Å². The van der Waals surface area contributed by atoms with E-state index in [1.54, 1.807) is 6.08 Å². The number of nitrogens with one attached hydrogen (secondary N) is 3. The number of benzene rings is 2. The van der Waals surface area contributed by atoms with Gasteiger partial charge >= 0.3 is 6.36 Å². The highest BCUT2D eigenvalue weighted by Crippen LogP contribution is 2.48. The number of carbonyl (C=O) groups is 4. The largest absolute Gasteiger partial charge is 0.573 e. The first-order valence-corrected chi connectivity index (χ1v) is 21.8. The maximum atomic E-state index is 14.8. The van der Waals surface area contributed by atoms with Crippen LogP contribution in [0.15, 0.2) is 60.3 Å². The number of pyridine rings is 1. The molecular formula is C40H40F4N6O8S2. The summed E-state index contributed by atoms with van der Waals surface area (Å²) >= 11 is 1.08. The highest BCUT2D eigenvalue weighted by Gasteiger charge is 2.63. The smallest absolute Gasteiger partial charge is 0.472 e. The number of carbonyl (C=O) groups excluding carboxylic acids is 4. The van der Waals surface area contributed by atoms with Crippen LogP contribution in [0.1, 0.15) is 74.4 Å². The number of rotatable bonds is 8. The molecule has 2 aromatic carbocycles. The van der Waals surface area contributed by atoms with Crippen molar-refractivity contribution in [2.24, 2.45) is 5.92 Å². The Hall–Kier alpha value is -5.37. The van der Waals surface area contributed by atoms with Gasteiger partial charge in [0.15, 0.2) is 0 Å². The SMILES string of the molecule is CC1(S(=O)(=O)NC(=O)[C@@]23C[C@H]2/C=C\CCCCC[C@H](NC(=O)c2cncs2)C(=O)N2C[C@H](Oc4nc5cc(OC(F)(F)F)ccc5c5ccc(F)cc45)C[C@H]2C(=O)N3)CC1. The highest BCUT2D eigenvalue weighted by atomic mass is 32.2. The zero-order valence-electron chi connectivity index (χ0n) is 32.1. The second kappa shape index (κ2) is 15.6. The van der Waals surface area contributed by atoms with Gasteiger partial charge in [-0.05, 0) is 75.1 Å². The summed E-state index contributed by atoms with van der Waals surface area (Å²) in [6.07, 6.45) is 2.41. The third-order valence-corrected chi connectivity index (χ3v) is 14.6. The minimum Gasteiger partial charge on any atom is -0.472 e. The van der Waals surface area contributed by atoms with E-state index >= 15 is 0 Å². The molecule has 0 bridgehead atoms. The quantitative estimate of drug-likeness (QED) is 0.117. The molecule has 14 nitrogen and oxygen atoms in total. The fourth-order valence-electron chi connectivity index (χ4n) is 7.88. The summed E-state index contributed by atoms with van der Waals surface area (Å²) < 4.78 is 92.1. The Morgan fingerprint density at radius 2 is 1.83 bits per heavy atom. The van der Waals surface area contributed by atoms with Crippen LogP contribution in [0.2, 0.25) is 0 Å². The van der Waals surface area contributed by atoms with Crippen LogP contribution in [0.5, 0.6) is 11.6 Å². The van der Waals surface area contributed by atoms with Crippen molar-refractivity contribution >= 4 is 66.7 Å². The van der Waals surface area contributed by atoms with Crippen LogP contribution in [-0.2, 0) is 24.4 Å². The predicted octanol–water partition coefficient (Wildman–Crippen LogP) is 5.42. The summed E-state index contributed by atoms with van der Waals surface area (Å²) in [4.78, 5) is 66.2. The Labute approximate surface area is 345 Å². The lowest BCUT2D eigenvalue weighted by atomic mass is 10.0. The molecule has 8 rings (SSSR count). The van der Waals surface area contributed by atoms with E-state index in [4.69, 9.17) is 4.74 Å². The lowest BCUT2D eigenvalue weighted by Gasteiger charge is -2.30. The molecular weight excluding hydrogens is 833 g/mol. The van der Waals surface area contributed by atoms with Gasteiger partial charge in [-0.3, -0.25) is 28.9 Å². The number of halogens is 4. The molecule has 3 fully saturated rings. The van der Waals surface area contributed by atoms with Crippen molar-refractivity contribution in [3.63, 3.8) is 0 Å². The van der Waals surface area contributed by atoms with Gasteiger partial charge < -0.3 is 25.0 Å². The Balaban J connectivity index is 1.14. The first-order chi connectivity index (χ1) is 28.4. The monoisotopic (exact) mass is 872 g/mol. The standard InChI is InChI=1S/C40H40F4N6O8S2/c1-38(13-14-38)60(55,56)49-37(54)39-18-22(39)7-5-3-2-4-6-8-29(46-34(52)32-19-45-21-59-32)36(53)50-20-25(17-31(50)33(51)48-39)57-35-28-15-23(41)9-11-26(28)27-12-10-24(16-30(27)47-35)58-40(42,43)44/h5,7,9-12,15-16,19,21-22,25,29,31H,2-4,6,8,13-14,17-18,20H2,1H3,(H,46,52)(H,48,51)(H,49,54)/b7-5-/t22-,25-,29+,31+,39-/m1/s1. The lowest BCUT2D eigenvalue weighted by molar-refractivity contribution is -0.274. The molecule has 2 aromatic heterocycles. The van der Waals surface area contributed by atoms with Crippen LogP contribution in [0.3, 0.4) is 0 Å². The van der Waals surface area contributed by atoms with E-state index in [9.17, 15) is 45.2 Å². The minimum absolute atomic E-state index is 0.0224. The van der Waals surface area contributed by atoms with Crippen LogP contribution in [0.4, 0.5) is 17.6 Å². The molecule has 2 aliphatic heterocycles. The van der Waals surface area contributed by atoms with Gasteiger partial charge in [-0.15, -0.1) is 24.5 Å². The van der Waals surface area contributed by atoms with E-state index < -0.39 is 86.0 Å². The molecule has 318 valence electrons. The lowest BCUT2D eigenvalue weighted by Crippen LogP contribution is -2.58. The normalized spacial score (nSPS) is 26.2. The molecule has 0 unspecified atom stereocenters. The number of allylic oxidation sites excluding steroid dienone is 1. The number of thiazole rings is 1. The fraction of sp³-hybridized carbons (Fsp3) is 0.450. The molecule has 2 aliphatic carbocycles. The first kappa shape index (κ1) is 41.4. The molecule has 1 saturated heterocycles. The van der Waals surface area contributed by atoms with Gasteiger partial charge in [0.25, 0.3) is 11.8 Å². The van der Waals surface area contributed by atoms with Crippen molar-refractivity contribution in [2.45, 2.75) is 99.5 Å². The van der Waals surface area contributed by atoms with Gasteiger partial charge in [-0.2, -0.15) is 0 Å². The number of amides is 4. The molecule has 0 spiro atoms. The zero-order valence-corrected chi connectivity index (χ0v) is 33.7. The van der Waals surface area contributed by atoms with E-state index in [0.717, 1.165) is 29.5 Å². The number of aromatic nitrogens is 2. The Bertz CT molecular complexity index is 2520. The molecule has 0 radical (unpaired) electrons. The predicted molar refractivity (Wildman–Crippen MR) is 210 cm³/mol. The van der Waals surface area contributed by atoms with E-state index in [1.165, 1.54) is 41.7 Å². The van der Waals surface area contributed by atoms with Crippen LogP contribution in [0.25, 0.3) is 21.7 Å². The van der Waals surface area contributed by atoms with Crippen LogP contribution in [0, 0.1) is 11.7 Å². The Morgan fingerprint density at radius 3 is 2.57 bits per heavy atom. The summed E-state index contributed by atoms with van der Waals surface area (Å²) in [6, 6.07) is 4.82. The van der Waals surface area contributed by atoms with Crippen molar-refractivity contribution in [2.75, 3.05) is 6.54 Å². The van der Waals surface area contributed by atoms with Gasteiger partial charge in [0, 0.05) is 29.2 Å². The Kier molecular flexibility index (Phi) is 10.7. The third kappa shape index (κ3) is 8.35. The summed E-state index contributed by atoms with van der Waals surface area (Å²) in [6.45, 7) is 1.27. The van der Waals surface area contributed by atoms with Crippen LogP contribution in [-0.4, -0.2) is 88.3 Å². The van der Waals surface area contributed by atoms with E-state index in [2.05, 4.69) is 30.1 Å². The number of ether oxygens (including phenoxy) is 2. The van der Waals surface area contributed by atoms with Gasteiger partial charge in [0.05, 0.1) is 28.5 Å². The maximum Gasteiger partial charge on any atom is 0.573 e. The van der Waals surface area contributed by atoms with E-state index in [-0.39, 0.29) is 47.5 Å². The number of hydrogen-bond acceptors (Lipinski definition) is 11. The Morgan fingerprint density at radius 1 is 1.05 bits per heavy atom. The molecule has 60 heavy (non-hydrogen) atoms. The first-order valence-electron chi connectivity index (χ1n) is 19.5. The summed E-state index contributed by atoms with van der Waals surface area (Å²) in [5.74, 6) is -4.81. The third-order valence-electron chi connectivity index (χ3n) is 11.6. The van der Waals surface area contributed by atoms with Crippen LogP contribution < -0.4 is 24.8 Å². The van der Waals surface area contributed by atoms with Crippen LogP contribution >= 0.6 is 11.3 Å². The minimum atomic E-state index is -4.99. The molecule has 4 aliphatic rings. The second-order valence-electron chi connectivity index (χ2n) is 15.9. The highest BCUT2D eigenvalue weighted by molar-refractivity contribution is 7.91. The van der Waals surface area contributed by atoms with Crippen molar-refractivity contribution in [1.29, 1.82) is 0 Å². The van der Waals surface area contributed by atoms with Gasteiger partial charge in [0.2, 0.25) is 27.7 Å². The molecule has 4 aromatic rings. The van der Waals surface area contributed by atoms with Crippen molar-refractivity contribution < 1.29 is 54.6 Å². The van der Waals surface area contributed by atoms with Gasteiger partial charge in [-0.25, -0.2) is 17.8 Å². The topological polar surface area (TPSA) is 186 Å². The fourth-order valence-corrected chi connectivity index (χ4v) is 9.71. The molecule has 2 saturated carbocycles. The molecule has 3 N–H and O–H groups in total. The molecule has 4 amide bonds. The average Bonchev–Trinajstić information content (AvgIpc) is 3.93. The second-order valence-corrected chi connectivity index (χ2v) is 19.0. The average molecular weight is 873 g/mol. The molecule has 5 atom stereocenters. The zero-order chi connectivity index (χ0) is 42.6.